The van der Waals surface area contributed by atoms with Gasteiger partial charge in [-0.1, -0.05) is 54.8 Å². The van der Waals surface area contributed by atoms with E-state index < -0.39 is 19.3 Å². The van der Waals surface area contributed by atoms with Gasteiger partial charge in [-0.15, -0.1) is 0 Å². The molecule has 2 nitrogen and oxygen atoms in total. The fourth-order valence-electron chi connectivity index (χ4n) is 1.84. The molecule has 4 heteroatoms. The van der Waals surface area contributed by atoms with E-state index in [1.165, 1.54) is 0 Å². The van der Waals surface area contributed by atoms with E-state index >= 15 is 0 Å². The number of rotatable bonds is 0. The van der Waals surface area contributed by atoms with Gasteiger partial charge in [0.1, 0.15) is 0 Å². The maximum atomic E-state index is 11.7. The minimum Gasteiger partial charge on any atom is -0.228 e. The average molecular weight is 355 g/mol. The first kappa shape index (κ1) is 27.0. The van der Waals surface area contributed by atoms with Gasteiger partial charge in [0.2, 0.25) is 0 Å². The Balaban J connectivity index is -0.000000315. The van der Waals surface area contributed by atoms with Crippen LogP contribution in [0.3, 0.4) is 0 Å². The van der Waals surface area contributed by atoms with E-state index in [9.17, 15) is 8.42 Å². The van der Waals surface area contributed by atoms with Crippen LogP contribution < -0.4 is 0 Å². The smallest absolute Gasteiger partial charge is 0.160 e. The van der Waals surface area contributed by atoms with Gasteiger partial charge in [-0.25, -0.2) is 8.42 Å². The van der Waals surface area contributed by atoms with E-state index in [-0.39, 0.29) is 17.9 Å². The Morgan fingerprint density at radius 1 is 0.636 bits per heavy atom. The lowest BCUT2D eigenvalue weighted by molar-refractivity contribution is 0.525. The van der Waals surface area contributed by atoms with Crippen LogP contribution in [0.2, 0.25) is 0 Å². The molecule has 0 rings (SSSR count). The molecule has 0 heterocycles. The first-order valence-corrected chi connectivity index (χ1v) is 10.3. The lowest BCUT2D eigenvalue weighted by Crippen LogP contribution is -2.41. The highest BCUT2D eigenvalue weighted by Crippen LogP contribution is 2.41. The summed E-state index contributed by atoms with van der Waals surface area (Å²) in [5.74, 6) is 4.21. The molecule has 0 aromatic carbocycles. The molecule has 0 N–H and O–H groups in total. The quantitative estimate of drug-likeness (QED) is 0.506. The summed E-state index contributed by atoms with van der Waals surface area (Å²) >= 11 is 0. The van der Waals surface area contributed by atoms with E-state index in [4.69, 9.17) is 0 Å². The van der Waals surface area contributed by atoms with Crippen molar-refractivity contribution in [3.05, 3.63) is 0 Å². The van der Waals surface area contributed by atoms with Crippen LogP contribution >= 0.6 is 10.5 Å². The van der Waals surface area contributed by atoms with Gasteiger partial charge >= 0.3 is 0 Å². The van der Waals surface area contributed by atoms with Gasteiger partial charge in [0.05, 0.1) is 9.49 Å². The molecule has 0 fully saturated rings. The molecule has 0 unspecified atom stereocenters. The Morgan fingerprint density at radius 2 is 0.818 bits per heavy atom. The fourth-order valence-corrected chi connectivity index (χ4v) is 5.51. The zero-order valence-electron chi connectivity index (χ0n) is 16.3. The predicted molar refractivity (Wildman–Crippen MR) is 109 cm³/mol. The first-order chi connectivity index (χ1) is 8.65. The highest BCUT2D eigenvalue weighted by Gasteiger charge is 2.39. The van der Waals surface area contributed by atoms with E-state index in [0.29, 0.717) is 9.49 Å². The van der Waals surface area contributed by atoms with Crippen molar-refractivity contribution in [3.8, 4) is 0 Å². The van der Waals surface area contributed by atoms with Crippen LogP contribution in [0.15, 0.2) is 0 Å². The molecule has 0 aliphatic rings. The van der Waals surface area contributed by atoms with Crippen molar-refractivity contribution >= 4 is 26.2 Å². The summed E-state index contributed by atoms with van der Waals surface area (Å²) in [5, 5.41) is 0. The second-order valence-corrected chi connectivity index (χ2v) is 16.0. The number of sulfone groups is 1. The van der Waals surface area contributed by atoms with Gasteiger partial charge in [0.15, 0.2) is 9.84 Å². The minimum atomic E-state index is -3.01. The summed E-state index contributed by atoms with van der Waals surface area (Å²) in [6, 6.07) is 0. The third kappa shape index (κ3) is 8.14. The van der Waals surface area contributed by atoms with Gasteiger partial charge in [-0.3, -0.25) is 0 Å². The summed E-state index contributed by atoms with van der Waals surface area (Å²) in [6.45, 7) is 23.9. The van der Waals surface area contributed by atoms with Crippen LogP contribution in [0.4, 0.5) is 0 Å². The summed E-state index contributed by atoms with van der Waals surface area (Å²) in [7, 11) is -2.77. The fraction of sp³-hybridized carbons (Fsp3) is 0.944. The molecule has 0 radical (unpaired) electrons. The highest BCUT2D eigenvalue weighted by atomic mass is 32.2. The van der Waals surface area contributed by atoms with Crippen LogP contribution in [-0.2, 0) is 9.84 Å². The van der Waals surface area contributed by atoms with Crippen LogP contribution in [0.5, 0.6) is 0 Å². The van der Waals surface area contributed by atoms with Gasteiger partial charge in [0.25, 0.3) is 0 Å². The SMILES string of the molecule is C.C=S(C(C)(C)C)C(C)(C)C.CC(C)(C)S(=O)(=O)C(C)(C)C. The monoisotopic (exact) mass is 354 g/mol. The first-order valence-electron chi connectivity index (χ1n) is 7.44. The third-order valence-electron chi connectivity index (χ3n) is 3.09. The normalized spacial score (nSPS) is 14.0. The van der Waals surface area contributed by atoms with Crippen LogP contribution in [-0.4, -0.2) is 33.3 Å². The second kappa shape index (κ2) is 7.83. The van der Waals surface area contributed by atoms with E-state index in [1.807, 2.05) is 0 Å². The van der Waals surface area contributed by atoms with E-state index in [1.54, 1.807) is 41.5 Å². The molecule has 0 amide bonds. The Kier molecular flexibility index (Phi) is 9.62. The summed E-state index contributed by atoms with van der Waals surface area (Å²) in [5.41, 5.74) is 0. The lowest BCUT2D eigenvalue weighted by atomic mass is 10.2. The zero-order chi connectivity index (χ0) is 18.1. The molecular formula is C18H42O2S2. The van der Waals surface area contributed by atoms with Crippen molar-refractivity contribution in [1.29, 1.82) is 0 Å². The Hall–Kier alpha value is 0.170. The third-order valence-corrected chi connectivity index (χ3v) is 9.27. The summed E-state index contributed by atoms with van der Waals surface area (Å²) in [6.07, 6.45) is 0. The topological polar surface area (TPSA) is 34.1 Å². The Bertz CT molecular complexity index is 409. The lowest BCUT2D eigenvalue weighted by Gasteiger charge is -2.34. The molecule has 0 aliphatic carbocycles. The minimum absolute atomic E-state index is 0. The van der Waals surface area contributed by atoms with Crippen molar-refractivity contribution in [1.82, 2.24) is 0 Å². The molecule has 0 bridgehead atoms. The van der Waals surface area contributed by atoms with E-state index in [0.717, 1.165) is 0 Å². The molecule has 0 aromatic rings. The molecule has 0 atom stereocenters. The van der Waals surface area contributed by atoms with E-state index in [2.05, 4.69) is 47.4 Å². The van der Waals surface area contributed by atoms with Gasteiger partial charge in [0, 0.05) is 9.49 Å². The average Bonchev–Trinajstić information content (AvgIpc) is 2.11. The Labute approximate surface area is 144 Å². The molecule has 0 saturated heterocycles. The van der Waals surface area contributed by atoms with Crippen molar-refractivity contribution in [2.24, 2.45) is 0 Å². The summed E-state index contributed by atoms with van der Waals surface area (Å²) in [4.78, 5) is 0. The number of hydrogen-bond donors (Lipinski definition) is 0. The number of hydrogen-bond acceptors (Lipinski definition) is 2. The maximum absolute atomic E-state index is 11.7. The largest absolute Gasteiger partial charge is 0.228 e. The van der Waals surface area contributed by atoms with Crippen molar-refractivity contribution in [2.75, 3.05) is 0 Å². The predicted octanol–water partition coefficient (Wildman–Crippen LogP) is 5.92. The molecule has 0 aliphatic heterocycles. The van der Waals surface area contributed by atoms with Gasteiger partial charge in [-0.05, 0) is 41.5 Å². The zero-order valence-corrected chi connectivity index (χ0v) is 18.0. The molecule has 0 saturated carbocycles. The van der Waals surface area contributed by atoms with Crippen LogP contribution in [0.25, 0.3) is 0 Å². The standard InChI is InChI=1S/C9H20S.C8H18O2S.CH4/c1-8(2,3)10(7)9(4,5)6;1-7(2,3)11(9,10)8(4,5)6;/h7H2,1-6H3;1-6H3;1H4. The highest BCUT2D eigenvalue weighted by molar-refractivity contribution is 8.16. The molecule has 0 aromatic heterocycles. The van der Waals surface area contributed by atoms with Gasteiger partial charge < -0.3 is 0 Å². The molecule has 0 spiro atoms. The van der Waals surface area contributed by atoms with Crippen LogP contribution in [0.1, 0.15) is 90.5 Å². The van der Waals surface area contributed by atoms with Gasteiger partial charge in [-0.2, -0.15) is 10.5 Å². The Morgan fingerprint density at radius 3 is 0.818 bits per heavy atom. The van der Waals surface area contributed by atoms with Crippen molar-refractivity contribution in [2.45, 2.75) is 109 Å². The van der Waals surface area contributed by atoms with Crippen molar-refractivity contribution < 1.29 is 8.42 Å². The van der Waals surface area contributed by atoms with Crippen LogP contribution in [0, 0.1) is 0 Å². The maximum Gasteiger partial charge on any atom is 0.160 e. The second-order valence-electron chi connectivity index (χ2n) is 9.34. The van der Waals surface area contributed by atoms with Crippen molar-refractivity contribution in [3.63, 3.8) is 0 Å². The molecule has 22 heavy (non-hydrogen) atoms. The molecule has 138 valence electrons. The summed E-state index contributed by atoms with van der Waals surface area (Å²) < 4.78 is 22.8. The molecular weight excluding hydrogens is 312 g/mol.